The summed E-state index contributed by atoms with van der Waals surface area (Å²) in [6.07, 6.45) is 3.58. The molecule has 168 valence electrons. The number of pyridine rings is 1. The van der Waals surface area contributed by atoms with E-state index in [1.54, 1.807) is 18.3 Å². The SMILES string of the molecule is CCNC(=NCCNC(=O)c1cccnc1)N1CCC(NC(=O)OC(C)(C)C)C1.I. The molecule has 1 fully saturated rings. The van der Waals surface area contributed by atoms with Crippen molar-refractivity contribution < 1.29 is 14.3 Å². The van der Waals surface area contributed by atoms with Crippen molar-refractivity contribution in [2.24, 2.45) is 4.99 Å². The minimum absolute atomic E-state index is 0. The van der Waals surface area contributed by atoms with E-state index < -0.39 is 11.7 Å². The molecular weight excluding hydrogens is 499 g/mol. The van der Waals surface area contributed by atoms with E-state index in [4.69, 9.17) is 4.74 Å². The highest BCUT2D eigenvalue weighted by Gasteiger charge is 2.27. The lowest BCUT2D eigenvalue weighted by Gasteiger charge is -2.23. The quantitative estimate of drug-likeness (QED) is 0.224. The van der Waals surface area contributed by atoms with E-state index in [1.165, 1.54) is 6.20 Å². The van der Waals surface area contributed by atoms with Gasteiger partial charge in [0.2, 0.25) is 0 Å². The van der Waals surface area contributed by atoms with Crippen LogP contribution in [0.5, 0.6) is 0 Å². The molecule has 10 heteroatoms. The fourth-order valence-corrected chi connectivity index (χ4v) is 2.90. The van der Waals surface area contributed by atoms with E-state index in [0.717, 1.165) is 25.5 Å². The summed E-state index contributed by atoms with van der Waals surface area (Å²) in [6.45, 7) is 10.6. The molecule has 9 nitrogen and oxygen atoms in total. The number of nitrogens with zero attached hydrogens (tertiary/aromatic N) is 3. The average Bonchev–Trinajstić information content (AvgIpc) is 3.11. The molecule has 0 saturated carbocycles. The molecule has 1 atom stereocenters. The van der Waals surface area contributed by atoms with Gasteiger partial charge < -0.3 is 25.6 Å². The number of aliphatic imine (C=N–C) groups is 1. The minimum Gasteiger partial charge on any atom is -0.444 e. The smallest absolute Gasteiger partial charge is 0.407 e. The summed E-state index contributed by atoms with van der Waals surface area (Å²) in [5.41, 5.74) is 0.0120. The second-order valence-corrected chi connectivity index (χ2v) is 7.81. The molecule has 2 rings (SSSR count). The second kappa shape index (κ2) is 12.6. The molecule has 2 amide bonds. The number of alkyl carbamates (subject to hydrolysis) is 1. The summed E-state index contributed by atoms with van der Waals surface area (Å²) < 4.78 is 5.32. The van der Waals surface area contributed by atoms with E-state index in [-0.39, 0.29) is 35.9 Å². The van der Waals surface area contributed by atoms with Crippen molar-refractivity contribution in [2.45, 2.75) is 45.8 Å². The number of carbonyl (C=O) groups is 2. The lowest BCUT2D eigenvalue weighted by Crippen LogP contribution is -2.44. The molecule has 1 unspecified atom stereocenters. The van der Waals surface area contributed by atoms with Gasteiger partial charge in [0, 0.05) is 38.6 Å². The van der Waals surface area contributed by atoms with Crippen LogP contribution in [0.4, 0.5) is 4.79 Å². The van der Waals surface area contributed by atoms with Crippen molar-refractivity contribution in [3.05, 3.63) is 30.1 Å². The van der Waals surface area contributed by atoms with Crippen LogP contribution >= 0.6 is 24.0 Å². The second-order valence-electron chi connectivity index (χ2n) is 7.81. The summed E-state index contributed by atoms with van der Waals surface area (Å²) >= 11 is 0. The Kier molecular flexibility index (Phi) is 10.8. The highest BCUT2D eigenvalue weighted by Crippen LogP contribution is 2.12. The Morgan fingerprint density at radius 1 is 1.33 bits per heavy atom. The summed E-state index contributed by atoms with van der Waals surface area (Å²) in [5.74, 6) is 0.609. The van der Waals surface area contributed by atoms with Gasteiger partial charge in [0.25, 0.3) is 5.91 Å². The Morgan fingerprint density at radius 2 is 2.10 bits per heavy atom. The standard InChI is InChI=1S/C20H32N6O3.HI/c1-5-22-18(24-11-10-23-17(27)15-7-6-9-21-13-15)26-12-8-16(14-26)25-19(28)29-20(2,3)4;/h6-7,9,13,16H,5,8,10-12,14H2,1-4H3,(H,22,24)(H,23,27)(H,25,28);1H. The zero-order valence-electron chi connectivity index (χ0n) is 18.1. The van der Waals surface area contributed by atoms with Crippen molar-refractivity contribution >= 4 is 41.9 Å². The minimum atomic E-state index is -0.515. The summed E-state index contributed by atoms with van der Waals surface area (Å²) in [7, 11) is 0. The number of hydrogen-bond donors (Lipinski definition) is 3. The van der Waals surface area contributed by atoms with E-state index in [9.17, 15) is 9.59 Å². The molecule has 1 saturated heterocycles. The summed E-state index contributed by atoms with van der Waals surface area (Å²) in [4.78, 5) is 34.6. The van der Waals surface area contributed by atoms with Crippen LogP contribution < -0.4 is 16.0 Å². The number of guanidine groups is 1. The monoisotopic (exact) mass is 532 g/mol. The summed E-state index contributed by atoms with van der Waals surface area (Å²) in [5, 5.41) is 9.02. The molecule has 0 aromatic carbocycles. The maximum Gasteiger partial charge on any atom is 0.407 e. The Hall–Kier alpha value is -2.11. The van der Waals surface area contributed by atoms with Crippen LogP contribution in [0.2, 0.25) is 0 Å². The van der Waals surface area contributed by atoms with Gasteiger partial charge in [-0.3, -0.25) is 14.8 Å². The highest BCUT2D eigenvalue weighted by molar-refractivity contribution is 14.0. The third-order valence-corrected chi connectivity index (χ3v) is 4.13. The fourth-order valence-electron chi connectivity index (χ4n) is 2.90. The van der Waals surface area contributed by atoms with Gasteiger partial charge >= 0.3 is 6.09 Å². The largest absolute Gasteiger partial charge is 0.444 e. The third kappa shape index (κ3) is 9.14. The molecule has 0 bridgehead atoms. The zero-order chi connectivity index (χ0) is 21.3. The number of aromatic nitrogens is 1. The number of halogens is 1. The predicted octanol–water partition coefficient (Wildman–Crippen LogP) is 1.99. The van der Waals surface area contributed by atoms with Crippen LogP contribution in [0.3, 0.4) is 0 Å². The number of carbonyl (C=O) groups excluding carboxylic acids is 2. The van der Waals surface area contributed by atoms with Crippen LogP contribution in [0.25, 0.3) is 0 Å². The van der Waals surface area contributed by atoms with Crippen LogP contribution in [0.15, 0.2) is 29.5 Å². The topological polar surface area (TPSA) is 108 Å². The predicted molar refractivity (Wildman–Crippen MR) is 127 cm³/mol. The van der Waals surface area contributed by atoms with Gasteiger partial charge in [-0.1, -0.05) is 0 Å². The Morgan fingerprint density at radius 3 is 2.73 bits per heavy atom. The highest BCUT2D eigenvalue weighted by atomic mass is 127. The number of rotatable bonds is 6. The fraction of sp³-hybridized carbons (Fsp3) is 0.600. The maximum absolute atomic E-state index is 12.0. The van der Waals surface area contributed by atoms with Gasteiger partial charge in [0.15, 0.2) is 5.96 Å². The Balaban J connectivity index is 0.00000450. The molecular formula is C20H33IN6O3. The molecule has 1 aliphatic heterocycles. The molecule has 30 heavy (non-hydrogen) atoms. The number of amides is 2. The van der Waals surface area contributed by atoms with Crippen LogP contribution in [-0.2, 0) is 4.74 Å². The van der Waals surface area contributed by atoms with Gasteiger partial charge in [-0.05, 0) is 46.2 Å². The van der Waals surface area contributed by atoms with Crippen molar-refractivity contribution in [1.82, 2.24) is 25.8 Å². The first-order chi connectivity index (χ1) is 13.8. The normalized spacial score (nSPS) is 16.5. The number of likely N-dealkylation sites (tertiary alicyclic amines) is 1. The van der Waals surface area contributed by atoms with Crippen LogP contribution in [0.1, 0.15) is 44.5 Å². The Labute approximate surface area is 195 Å². The first kappa shape index (κ1) is 25.9. The van der Waals surface area contributed by atoms with Crippen molar-refractivity contribution in [1.29, 1.82) is 0 Å². The van der Waals surface area contributed by atoms with E-state index in [0.29, 0.717) is 25.2 Å². The van der Waals surface area contributed by atoms with E-state index >= 15 is 0 Å². The first-order valence-electron chi connectivity index (χ1n) is 9.99. The van der Waals surface area contributed by atoms with Crippen molar-refractivity contribution in [2.75, 3.05) is 32.7 Å². The number of hydrogen-bond acceptors (Lipinski definition) is 5. The molecule has 2 heterocycles. The van der Waals surface area contributed by atoms with Crippen molar-refractivity contribution in [3.8, 4) is 0 Å². The Bertz CT molecular complexity index is 708. The van der Waals surface area contributed by atoms with Gasteiger partial charge in [-0.25, -0.2) is 4.79 Å². The average molecular weight is 532 g/mol. The number of ether oxygens (including phenoxy) is 1. The first-order valence-corrected chi connectivity index (χ1v) is 9.99. The van der Waals surface area contributed by atoms with Crippen LogP contribution in [0, 0.1) is 0 Å². The van der Waals surface area contributed by atoms with Gasteiger partial charge in [0.1, 0.15) is 5.60 Å². The molecule has 0 aliphatic carbocycles. The molecule has 3 N–H and O–H groups in total. The lowest BCUT2D eigenvalue weighted by atomic mass is 10.2. The molecule has 1 aliphatic rings. The third-order valence-electron chi connectivity index (χ3n) is 4.13. The molecule has 0 radical (unpaired) electrons. The lowest BCUT2D eigenvalue weighted by molar-refractivity contribution is 0.0507. The molecule has 0 spiro atoms. The van der Waals surface area contributed by atoms with Crippen molar-refractivity contribution in [3.63, 3.8) is 0 Å². The van der Waals surface area contributed by atoms with E-state index in [1.807, 2.05) is 27.7 Å². The maximum atomic E-state index is 12.0. The van der Waals surface area contributed by atoms with E-state index in [2.05, 4.69) is 30.8 Å². The van der Waals surface area contributed by atoms with Gasteiger partial charge in [-0.15, -0.1) is 24.0 Å². The molecule has 1 aromatic heterocycles. The van der Waals surface area contributed by atoms with Gasteiger partial charge in [0.05, 0.1) is 18.2 Å². The summed E-state index contributed by atoms with van der Waals surface area (Å²) in [6, 6.07) is 3.46. The van der Waals surface area contributed by atoms with Gasteiger partial charge in [-0.2, -0.15) is 0 Å². The van der Waals surface area contributed by atoms with Crippen LogP contribution in [-0.4, -0.2) is 72.2 Å². The number of nitrogens with one attached hydrogen (secondary N) is 3. The zero-order valence-corrected chi connectivity index (χ0v) is 20.4. The molecule has 1 aromatic rings.